The monoisotopic (exact) mass is 583 g/mol. The van der Waals surface area contributed by atoms with Crippen molar-refractivity contribution in [3.8, 4) is 0 Å². The van der Waals surface area contributed by atoms with Gasteiger partial charge < -0.3 is 0 Å². The van der Waals surface area contributed by atoms with Gasteiger partial charge in [0.15, 0.2) is 0 Å². The first-order valence-corrected chi connectivity index (χ1v) is 16.4. The number of hydrogen-bond acceptors (Lipinski definition) is 1. The summed E-state index contributed by atoms with van der Waals surface area (Å²) in [6, 6.07) is 35.6. The third-order valence-electron chi connectivity index (χ3n) is 7.29. The summed E-state index contributed by atoms with van der Waals surface area (Å²) >= 11 is 4.39. The van der Waals surface area contributed by atoms with Crippen molar-refractivity contribution in [2.24, 2.45) is 0 Å². The van der Waals surface area contributed by atoms with E-state index in [1.54, 1.807) is 4.90 Å². The van der Waals surface area contributed by atoms with Gasteiger partial charge in [-0.05, 0) is 0 Å². The van der Waals surface area contributed by atoms with Gasteiger partial charge in [0.05, 0.1) is 0 Å². The Morgan fingerprint density at radius 1 is 0.730 bits per heavy atom. The molecule has 1 fully saturated rings. The zero-order chi connectivity index (χ0) is 26.1. The molecule has 1 amide bonds. The van der Waals surface area contributed by atoms with Crippen LogP contribution in [0.2, 0.25) is 0 Å². The van der Waals surface area contributed by atoms with E-state index in [0.29, 0.717) is 18.5 Å². The number of carbonyl (C=O) groups is 1. The summed E-state index contributed by atoms with van der Waals surface area (Å²) in [6.45, 7) is 0.797. The van der Waals surface area contributed by atoms with E-state index in [1.165, 1.54) is 12.1 Å². The Morgan fingerprint density at radius 2 is 1.16 bits per heavy atom. The number of hydrogen-bond donors (Lipinski definition) is 0. The van der Waals surface area contributed by atoms with Gasteiger partial charge >= 0.3 is 223 Å². The van der Waals surface area contributed by atoms with Gasteiger partial charge in [-0.1, -0.05) is 0 Å². The SMILES string of the molecule is O=C1C(P(Br)(c2ccccc2)(c2ccccc2)c2ccccc2)CCN1Cc1ccc(C(F)(F)F)cc1. The maximum absolute atomic E-state index is 14.3. The molecule has 1 heterocycles. The third-order valence-corrected chi connectivity index (χ3v) is 18.0. The second-order valence-corrected chi connectivity index (χ2v) is 18.1. The van der Waals surface area contributed by atoms with Crippen LogP contribution in [0.5, 0.6) is 0 Å². The Morgan fingerprint density at radius 3 is 1.57 bits per heavy atom. The molecule has 0 N–H and O–H groups in total. The predicted octanol–water partition coefficient (Wildman–Crippen LogP) is 6.65. The van der Waals surface area contributed by atoms with Crippen molar-refractivity contribution in [2.45, 2.75) is 24.8 Å². The van der Waals surface area contributed by atoms with Crippen molar-refractivity contribution in [3.63, 3.8) is 0 Å². The summed E-state index contributed by atoms with van der Waals surface area (Å²) < 4.78 is 39.1. The van der Waals surface area contributed by atoms with Crippen LogP contribution in [-0.2, 0) is 17.5 Å². The Labute approximate surface area is 222 Å². The molecule has 1 saturated heterocycles. The average Bonchev–Trinajstić information content (AvgIpc) is 3.30. The fraction of sp³-hybridized carbons (Fsp3) is 0.167. The molecule has 4 aromatic rings. The van der Waals surface area contributed by atoms with Crippen LogP contribution in [-0.4, -0.2) is 23.0 Å². The molecule has 5 rings (SSSR count). The number of rotatable bonds is 6. The summed E-state index contributed by atoms with van der Waals surface area (Å²) in [6.07, 6.45) is -3.76. The molecule has 1 aliphatic heterocycles. The molecule has 190 valence electrons. The van der Waals surface area contributed by atoms with Gasteiger partial charge in [0, 0.05) is 0 Å². The third kappa shape index (κ3) is 4.30. The molecule has 0 aliphatic carbocycles. The van der Waals surface area contributed by atoms with E-state index < -0.39 is 17.0 Å². The van der Waals surface area contributed by atoms with Crippen LogP contribution in [0.4, 0.5) is 13.2 Å². The second-order valence-electron chi connectivity index (χ2n) is 9.34. The summed E-state index contributed by atoms with van der Waals surface area (Å²) in [7, 11) is 0. The maximum atomic E-state index is 14.3. The first kappa shape index (κ1) is 25.7. The van der Waals surface area contributed by atoms with Crippen molar-refractivity contribution in [1.82, 2.24) is 4.90 Å². The Hall–Kier alpha value is -2.95. The van der Waals surface area contributed by atoms with Crippen LogP contribution < -0.4 is 15.9 Å². The van der Waals surface area contributed by atoms with Gasteiger partial charge in [-0.15, -0.1) is 0 Å². The number of alkyl halides is 3. The van der Waals surface area contributed by atoms with E-state index in [9.17, 15) is 18.0 Å². The number of benzene rings is 4. The number of carbonyl (C=O) groups excluding carboxylic acids is 1. The van der Waals surface area contributed by atoms with Crippen molar-refractivity contribution < 1.29 is 18.0 Å². The van der Waals surface area contributed by atoms with Crippen LogP contribution in [0.1, 0.15) is 17.5 Å². The van der Waals surface area contributed by atoms with Gasteiger partial charge in [-0.3, -0.25) is 0 Å². The van der Waals surface area contributed by atoms with Crippen molar-refractivity contribution in [2.75, 3.05) is 6.54 Å². The Bertz CT molecular complexity index is 1280. The molecule has 1 unspecified atom stereocenters. The van der Waals surface area contributed by atoms with Gasteiger partial charge in [-0.2, -0.15) is 0 Å². The van der Waals surface area contributed by atoms with Crippen LogP contribution in [0.15, 0.2) is 115 Å². The van der Waals surface area contributed by atoms with Gasteiger partial charge in [0.1, 0.15) is 0 Å². The van der Waals surface area contributed by atoms with Crippen LogP contribution in [0.3, 0.4) is 0 Å². The quantitative estimate of drug-likeness (QED) is 0.233. The van der Waals surface area contributed by atoms with Crippen molar-refractivity contribution in [1.29, 1.82) is 0 Å². The summed E-state index contributed by atoms with van der Waals surface area (Å²) in [5, 5.41) is -0.291. The number of amides is 1. The molecule has 2 nitrogen and oxygen atoms in total. The van der Waals surface area contributed by atoms with Crippen LogP contribution >= 0.6 is 20.8 Å². The molecule has 0 spiro atoms. The molecule has 0 saturated carbocycles. The van der Waals surface area contributed by atoms with E-state index in [-0.39, 0.29) is 18.1 Å². The second kappa shape index (κ2) is 9.74. The zero-order valence-corrected chi connectivity index (χ0v) is 22.5. The zero-order valence-electron chi connectivity index (χ0n) is 20.0. The first-order valence-electron chi connectivity index (χ1n) is 12.1. The van der Waals surface area contributed by atoms with Gasteiger partial charge in [0.25, 0.3) is 0 Å². The number of nitrogens with zero attached hydrogens (tertiary/aromatic N) is 1. The first-order chi connectivity index (χ1) is 17.7. The summed E-state index contributed by atoms with van der Waals surface area (Å²) in [5.74, 6) is 0.00555. The van der Waals surface area contributed by atoms with Crippen LogP contribution in [0, 0.1) is 0 Å². The molecule has 7 heteroatoms. The van der Waals surface area contributed by atoms with Crippen molar-refractivity contribution >= 4 is 42.6 Å². The number of halogens is 4. The molecule has 1 aliphatic rings. The topological polar surface area (TPSA) is 20.3 Å². The molecular formula is C30H26BrF3NOP. The molecule has 0 bridgehead atoms. The van der Waals surface area contributed by atoms with Gasteiger partial charge in [0.2, 0.25) is 0 Å². The standard InChI is InChI=1S/C30H26BrF3NOP/c31-37(25-10-4-1-5-11-25,26-12-6-2-7-13-26,27-14-8-3-9-15-27)28-20-21-35(29(28)36)22-23-16-18-24(19-17-23)30(32,33)34/h1-19,28H,20-22H2. The van der Waals surface area contributed by atoms with Crippen LogP contribution in [0.25, 0.3) is 0 Å². The fourth-order valence-electron chi connectivity index (χ4n) is 5.49. The Kier molecular flexibility index (Phi) is 6.76. The molecule has 0 radical (unpaired) electrons. The van der Waals surface area contributed by atoms with E-state index in [4.69, 9.17) is 0 Å². The van der Waals surface area contributed by atoms with Crippen molar-refractivity contribution in [3.05, 3.63) is 126 Å². The van der Waals surface area contributed by atoms with Gasteiger partial charge in [-0.25, -0.2) is 0 Å². The van der Waals surface area contributed by atoms with E-state index in [2.05, 4.69) is 51.9 Å². The van der Waals surface area contributed by atoms with E-state index in [1.807, 2.05) is 54.6 Å². The molecular weight excluding hydrogens is 558 g/mol. The predicted molar refractivity (Wildman–Crippen MR) is 149 cm³/mol. The minimum atomic E-state index is -4.39. The molecule has 37 heavy (non-hydrogen) atoms. The summed E-state index contributed by atoms with van der Waals surface area (Å²) in [5.41, 5.74) is -0.381. The van der Waals surface area contributed by atoms with E-state index >= 15 is 0 Å². The number of likely N-dealkylation sites (tertiary alicyclic amines) is 1. The molecule has 4 aromatic carbocycles. The van der Waals surface area contributed by atoms with E-state index in [0.717, 1.165) is 28.0 Å². The normalized spacial score (nSPS) is 17.4. The fourth-order valence-corrected chi connectivity index (χ4v) is 14.2. The minimum absolute atomic E-state index is 0.00555. The molecule has 0 aromatic heterocycles. The average molecular weight is 584 g/mol. The Balaban J connectivity index is 1.62. The summed E-state index contributed by atoms with van der Waals surface area (Å²) in [4.78, 5) is 16.0. The molecule has 1 atom stereocenters.